The number of aromatic nitrogens is 1. The second-order valence-corrected chi connectivity index (χ2v) is 4.87. The molecule has 2 heterocycles. The van der Waals surface area contributed by atoms with Crippen molar-refractivity contribution in [2.45, 2.75) is 12.5 Å². The Morgan fingerprint density at radius 2 is 2.17 bits per heavy atom. The van der Waals surface area contributed by atoms with E-state index in [1.54, 1.807) is 12.4 Å². The molecular formula is C13H15N3OS. The number of hydrogen-bond donors (Lipinski definition) is 2. The summed E-state index contributed by atoms with van der Waals surface area (Å²) in [4.78, 5) is 16.6. The van der Waals surface area contributed by atoms with E-state index in [4.69, 9.17) is 5.73 Å². The summed E-state index contributed by atoms with van der Waals surface area (Å²) in [6, 6.07) is 7.07. The number of amides is 1. The van der Waals surface area contributed by atoms with E-state index >= 15 is 0 Å². The van der Waals surface area contributed by atoms with Gasteiger partial charge in [0.25, 0.3) is 0 Å². The van der Waals surface area contributed by atoms with E-state index in [0.717, 1.165) is 16.9 Å². The maximum atomic E-state index is 11.8. The zero-order valence-electron chi connectivity index (χ0n) is 9.87. The average molecular weight is 261 g/mol. The van der Waals surface area contributed by atoms with Crippen molar-refractivity contribution in [3.63, 3.8) is 0 Å². The van der Waals surface area contributed by atoms with Crippen molar-refractivity contribution in [2.24, 2.45) is 5.73 Å². The minimum Gasteiger partial charge on any atom is -0.354 e. The predicted octanol–water partition coefficient (Wildman–Crippen LogP) is 1.50. The van der Waals surface area contributed by atoms with Crippen LogP contribution < -0.4 is 11.1 Å². The van der Waals surface area contributed by atoms with E-state index in [2.05, 4.69) is 10.3 Å². The molecule has 1 amide bonds. The Bertz CT molecular complexity index is 484. The molecule has 2 rings (SSSR count). The molecule has 0 saturated heterocycles. The highest BCUT2D eigenvalue weighted by atomic mass is 32.1. The summed E-state index contributed by atoms with van der Waals surface area (Å²) in [7, 11) is 0. The third-order valence-corrected chi connectivity index (χ3v) is 3.55. The van der Waals surface area contributed by atoms with E-state index in [1.165, 1.54) is 11.3 Å². The second-order valence-electron chi connectivity index (χ2n) is 3.89. The number of nitrogens with one attached hydrogen (secondary N) is 1. The number of thiophene rings is 1. The molecule has 0 spiro atoms. The Kier molecular flexibility index (Phi) is 4.44. The van der Waals surface area contributed by atoms with Gasteiger partial charge in [-0.3, -0.25) is 9.78 Å². The average Bonchev–Trinajstić information content (AvgIpc) is 2.93. The Morgan fingerprint density at radius 3 is 2.83 bits per heavy atom. The molecule has 0 fully saturated rings. The minimum absolute atomic E-state index is 0.133. The molecule has 0 aromatic carbocycles. The number of nitrogens with two attached hydrogens (primary N) is 1. The highest BCUT2D eigenvalue weighted by molar-refractivity contribution is 7.10. The summed E-state index contributed by atoms with van der Waals surface area (Å²) >= 11 is 1.50. The molecule has 5 heteroatoms. The Balaban J connectivity index is 1.79. The van der Waals surface area contributed by atoms with Gasteiger partial charge in [-0.05, 0) is 35.6 Å². The third kappa shape index (κ3) is 3.38. The van der Waals surface area contributed by atoms with E-state index in [-0.39, 0.29) is 5.91 Å². The topological polar surface area (TPSA) is 68.0 Å². The lowest BCUT2D eigenvalue weighted by Gasteiger charge is -2.10. The summed E-state index contributed by atoms with van der Waals surface area (Å²) in [6.07, 6.45) is 4.27. The number of pyridine rings is 1. The lowest BCUT2D eigenvalue weighted by molar-refractivity contribution is -0.122. The summed E-state index contributed by atoms with van der Waals surface area (Å²) in [6.45, 7) is 0.585. The summed E-state index contributed by atoms with van der Waals surface area (Å²) < 4.78 is 0. The lowest BCUT2D eigenvalue weighted by atomic mass is 10.2. The summed E-state index contributed by atoms with van der Waals surface area (Å²) in [5.41, 5.74) is 7.00. The maximum absolute atomic E-state index is 11.8. The molecule has 0 aliphatic rings. The number of carbonyl (C=O) groups excluding carboxylic acids is 1. The molecule has 1 unspecified atom stereocenters. The van der Waals surface area contributed by atoms with Crippen LogP contribution in [0.15, 0.2) is 42.0 Å². The van der Waals surface area contributed by atoms with Gasteiger partial charge in [0, 0.05) is 23.8 Å². The fourth-order valence-electron chi connectivity index (χ4n) is 1.59. The van der Waals surface area contributed by atoms with E-state index in [9.17, 15) is 4.79 Å². The van der Waals surface area contributed by atoms with Crippen LogP contribution in [0.1, 0.15) is 16.5 Å². The van der Waals surface area contributed by atoms with E-state index in [0.29, 0.717) is 6.54 Å². The van der Waals surface area contributed by atoms with Crippen LogP contribution >= 0.6 is 11.3 Å². The lowest BCUT2D eigenvalue weighted by Crippen LogP contribution is -2.34. The zero-order chi connectivity index (χ0) is 12.8. The van der Waals surface area contributed by atoms with Gasteiger partial charge in [0.05, 0.1) is 0 Å². The monoisotopic (exact) mass is 261 g/mol. The van der Waals surface area contributed by atoms with Crippen molar-refractivity contribution in [2.75, 3.05) is 6.54 Å². The quantitative estimate of drug-likeness (QED) is 0.857. The molecule has 18 heavy (non-hydrogen) atoms. The number of hydrogen-bond acceptors (Lipinski definition) is 4. The Labute approximate surface area is 110 Å². The predicted molar refractivity (Wildman–Crippen MR) is 72.2 cm³/mol. The Morgan fingerprint density at radius 1 is 1.39 bits per heavy atom. The van der Waals surface area contributed by atoms with Crippen molar-refractivity contribution < 1.29 is 4.79 Å². The van der Waals surface area contributed by atoms with Gasteiger partial charge < -0.3 is 11.1 Å². The third-order valence-electron chi connectivity index (χ3n) is 2.59. The fourth-order valence-corrected chi connectivity index (χ4v) is 2.31. The fraction of sp³-hybridized carbons (Fsp3) is 0.231. The van der Waals surface area contributed by atoms with Gasteiger partial charge in [0.1, 0.15) is 6.04 Å². The first-order valence-corrected chi connectivity index (χ1v) is 6.61. The Hall–Kier alpha value is -1.72. The number of nitrogens with zero attached hydrogens (tertiary/aromatic N) is 1. The molecule has 0 saturated carbocycles. The van der Waals surface area contributed by atoms with Crippen LogP contribution in [0.4, 0.5) is 0 Å². The van der Waals surface area contributed by atoms with Gasteiger partial charge in [0.2, 0.25) is 5.91 Å². The van der Waals surface area contributed by atoms with E-state index < -0.39 is 6.04 Å². The molecule has 3 N–H and O–H groups in total. The van der Waals surface area contributed by atoms with Crippen LogP contribution in [0.3, 0.4) is 0 Å². The largest absolute Gasteiger partial charge is 0.354 e. The van der Waals surface area contributed by atoms with Gasteiger partial charge in [-0.2, -0.15) is 0 Å². The molecule has 0 bridgehead atoms. The van der Waals surface area contributed by atoms with Gasteiger partial charge in [-0.25, -0.2) is 0 Å². The maximum Gasteiger partial charge on any atom is 0.242 e. The molecule has 1 atom stereocenters. The van der Waals surface area contributed by atoms with Crippen molar-refractivity contribution >= 4 is 17.2 Å². The minimum atomic E-state index is -0.567. The smallest absolute Gasteiger partial charge is 0.242 e. The van der Waals surface area contributed by atoms with Crippen LogP contribution in [-0.4, -0.2) is 17.4 Å². The van der Waals surface area contributed by atoms with Crippen LogP contribution in [0.25, 0.3) is 0 Å². The molecule has 94 valence electrons. The van der Waals surface area contributed by atoms with Crippen LogP contribution in [0.2, 0.25) is 0 Å². The first-order chi connectivity index (χ1) is 8.77. The SMILES string of the molecule is NC(C(=O)NCCc1ccncc1)c1cccs1. The van der Waals surface area contributed by atoms with Crippen LogP contribution in [-0.2, 0) is 11.2 Å². The van der Waals surface area contributed by atoms with Crippen molar-refractivity contribution in [3.05, 3.63) is 52.5 Å². The molecular weight excluding hydrogens is 246 g/mol. The van der Waals surface area contributed by atoms with Crippen LogP contribution in [0.5, 0.6) is 0 Å². The highest BCUT2D eigenvalue weighted by Crippen LogP contribution is 2.16. The summed E-state index contributed by atoms with van der Waals surface area (Å²) in [5.74, 6) is -0.133. The standard InChI is InChI=1S/C13H15N3OS/c14-12(11-2-1-9-18-11)13(17)16-8-5-10-3-6-15-7-4-10/h1-4,6-7,9,12H,5,8,14H2,(H,16,17). The van der Waals surface area contributed by atoms with Crippen molar-refractivity contribution in [1.82, 2.24) is 10.3 Å². The molecule has 0 radical (unpaired) electrons. The molecule has 2 aromatic heterocycles. The van der Waals surface area contributed by atoms with Crippen molar-refractivity contribution in [1.29, 1.82) is 0 Å². The van der Waals surface area contributed by atoms with E-state index in [1.807, 2.05) is 29.6 Å². The first kappa shape index (κ1) is 12.7. The van der Waals surface area contributed by atoms with Gasteiger partial charge in [-0.15, -0.1) is 11.3 Å². The first-order valence-electron chi connectivity index (χ1n) is 5.73. The van der Waals surface area contributed by atoms with Crippen molar-refractivity contribution in [3.8, 4) is 0 Å². The second kappa shape index (κ2) is 6.28. The normalized spacial score (nSPS) is 12.1. The highest BCUT2D eigenvalue weighted by Gasteiger charge is 2.15. The van der Waals surface area contributed by atoms with Crippen LogP contribution in [0, 0.1) is 0 Å². The zero-order valence-corrected chi connectivity index (χ0v) is 10.7. The molecule has 4 nitrogen and oxygen atoms in total. The molecule has 0 aliphatic carbocycles. The molecule has 2 aromatic rings. The van der Waals surface area contributed by atoms with Gasteiger partial charge in [-0.1, -0.05) is 6.07 Å². The molecule has 0 aliphatic heterocycles. The van der Waals surface area contributed by atoms with Gasteiger partial charge in [0.15, 0.2) is 0 Å². The summed E-state index contributed by atoms with van der Waals surface area (Å²) in [5, 5.41) is 4.76. The number of rotatable bonds is 5. The number of carbonyl (C=O) groups is 1. The van der Waals surface area contributed by atoms with Gasteiger partial charge >= 0.3 is 0 Å².